The molecule has 1 heterocycles. The molecular formula is C23H46N2. The minimum Gasteiger partial charge on any atom is -0.369 e. The zero-order valence-electron chi connectivity index (χ0n) is 17.5. The quantitative estimate of drug-likeness (QED) is 0.255. The van der Waals surface area contributed by atoms with Gasteiger partial charge in [0.15, 0.2) is 0 Å². The molecule has 1 aliphatic rings. The summed E-state index contributed by atoms with van der Waals surface area (Å²) in [6.45, 7) is 5.57. The van der Waals surface area contributed by atoms with Gasteiger partial charge in [0.1, 0.15) is 0 Å². The van der Waals surface area contributed by atoms with Crippen molar-refractivity contribution in [3.63, 3.8) is 0 Å². The maximum Gasteiger partial charge on any atom is 0.0966 e. The minimum absolute atomic E-state index is 0.643. The number of hydrogen-bond donors (Lipinski definition) is 1. The topological polar surface area (TPSA) is 24.4 Å². The van der Waals surface area contributed by atoms with E-state index in [9.17, 15) is 0 Å². The molecule has 1 N–H and O–H groups in total. The molecule has 0 saturated carbocycles. The second kappa shape index (κ2) is 16.9. The first-order valence-corrected chi connectivity index (χ1v) is 11.7. The Morgan fingerprint density at radius 2 is 1.16 bits per heavy atom. The summed E-state index contributed by atoms with van der Waals surface area (Å²) in [7, 11) is 0. The molecule has 1 unspecified atom stereocenters. The van der Waals surface area contributed by atoms with Gasteiger partial charge in [-0.15, -0.1) is 0 Å². The summed E-state index contributed by atoms with van der Waals surface area (Å²) in [5.41, 5.74) is 0. The summed E-state index contributed by atoms with van der Waals surface area (Å²) in [5, 5.41) is 3.62. The first kappa shape index (κ1) is 22.5. The van der Waals surface area contributed by atoms with Gasteiger partial charge < -0.3 is 5.32 Å². The fourth-order valence-electron chi connectivity index (χ4n) is 3.79. The van der Waals surface area contributed by atoms with Gasteiger partial charge in [0.05, 0.1) is 12.4 Å². The number of nitrogens with one attached hydrogen (secondary N) is 1. The van der Waals surface area contributed by atoms with Gasteiger partial charge in [-0.05, 0) is 12.8 Å². The maximum atomic E-state index is 4.64. The molecular weight excluding hydrogens is 304 g/mol. The van der Waals surface area contributed by atoms with Crippen LogP contribution in [0.3, 0.4) is 0 Å². The highest BCUT2D eigenvalue weighted by atomic mass is 15.1. The van der Waals surface area contributed by atoms with Crippen molar-refractivity contribution in [2.45, 2.75) is 135 Å². The van der Waals surface area contributed by atoms with E-state index < -0.39 is 0 Å². The van der Waals surface area contributed by atoms with Gasteiger partial charge in [0.2, 0.25) is 0 Å². The zero-order valence-corrected chi connectivity index (χ0v) is 17.5. The Hall–Kier alpha value is -0.530. The normalized spacial score (nSPS) is 16.9. The first-order chi connectivity index (χ1) is 12.4. The molecule has 0 radical (unpaired) electrons. The van der Waals surface area contributed by atoms with E-state index in [2.05, 4.69) is 24.2 Å². The Labute approximate surface area is 158 Å². The van der Waals surface area contributed by atoms with Crippen LogP contribution in [0.25, 0.3) is 0 Å². The highest BCUT2D eigenvalue weighted by molar-refractivity contribution is 5.83. The molecule has 0 aromatic carbocycles. The number of rotatable bonds is 18. The smallest absolute Gasteiger partial charge is 0.0966 e. The Balaban J connectivity index is 1.74. The molecule has 1 aliphatic heterocycles. The molecule has 2 heteroatoms. The Kier molecular flexibility index (Phi) is 15.2. The lowest BCUT2D eigenvalue weighted by atomic mass is 10.0. The van der Waals surface area contributed by atoms with Crippen LogP contribution in [-0.2, 0) is 0 Å². The SMILES string of the molecule is CCCCCCCCCCCCCCCCC1CN=C(CCCC)N1. The molecule has 0 bridgehead atoms. The van der Waals surface area contributed by atoms with Crippen molar-refractivity contribution < 1.29 is 0 Å². The molecule has 1 atom stereocenters. The number of aliphatic imine (C=N–C) groups is 1. The van der Waals surface area contributed by atoms with Crippen LogP contribution < -0.4 is 5.32 Å². The number of nitrogens with zero attached hydrogens (tertiary/aromatic N) is 1. The average Bonchev–Trinajstić information content (AvgIpc) is 3.08. The van der Waals surface area contributed by atoms with Crippen molar-refractivity contribution in [3.8, 4) is 0 Å². The third-order valence-electron chi connectivity index (χ3n) is 5.55. The number of amidine groups is 1. The Morgan fingerprint density at radius 3 is 1.68 bits per heavy atom. The lowest BCUT2D eigenvalue weighted by Gasteiger charge is -2.11. The molecule has 2 nitrogen and oxygen atoms in total. The van der Waals surface area contributed by atoms with Crippen LogP contribution in [0.1, 0.15) is 129 Å². The third-order valence-corrected chi connectivity index (χ3v) is 5.55. The maximum absolute atomic E-state index is 4.64. The first-order valence-electron chi connectivity index (χ1n) is 11.7. The van der Waals surface area contributed by atoms with Crippen molar-refractivity contribution in [2.75, 3.05) is 6.54 Å². The second-order valence-electron chi connectivity index (χ2n) is 8.12. The van der Waals surface area contributed by atoms with E-state index in [4.69, 9.17) is 0 Å². The van der Waals surface area contributed by atoms with Crippen molar-refractivity contribution in [3.05, 3.63) is 0 Å². The standard InChI is InChI=1S/C23H46N2/c1-3-5-7-8-9-10-11-12-13-14-15-16-17-18-19-22-21-24-23(25-22)20-6-4-2/h22H,3-21H2,1-2H3,(H,24,25). The monoisotopic (exact) mass is 350 g/mol. The molecule has 1 rings (SSSR count). The molecule has 0 aliphatic carbocycles. The lowest BCUT2D eigenvalue weighted by molar-refractivity contribution is 0.511. The van der Waals surface area contributed by atoms with Crippen LogP contribution in [-0.4, -0.2) is 18.4 Å². The summed E-state index contributed by atoms with van der Waals surface area (Å²) >= 11 is 0. The van der Waals surface area contributed by atoms with Gasteiger partial charge in [0, 0.05) is 12.5 Å². The van der Waals surface area contributed by atoms with Crippen molar-refractivity contribution in [1.29, 1.82) is 0 Å². The van der Waals surface area contributed by atoms with E-state index in [1.807, 2.05) is 0 Å². The van der Waals surface area contributed by atoms with Crippen molar-refractivity contribution in [2.24, 2.45) is 4.99 Å². The molecule has 148 valence electrons. The molecule has 0 saturated heterocycles. The van der Waals surface area contributed by atoms with E-state index in [1.165, 1.54) is 115 Å². The Morgan fingerprint density at radius 1 is 0.680 bits per heavy atom. The highest BCUT2D eigenvalue weighted by Gasteiger charge is 2.15. The Bertz CT molecular complexity index is 311. The van der Waals surface area contributed by atoms with Crippen LogP contribution in [0, 0.1) is 0 Å². The summed E-state index contributed by atoms with van der Waals surface area (Å²) in [6.07, 6.45) is 25.2. The average molecular weight is 351 g/mol. The van der Waals surface area contributed by atoms with E-state index in [0.717, 1.165) is 13.0 Å². The fraction of sp³-hybridized carbons (Fsp3) is 0.957. The molecule has 0 aromatic heterocycles. The predicted molar refractivity (Wildman–Crippen MR) is 114 cm³/mol. The van der Waals surface area contributed by atoms with E-state index in [1.54, 1.807) is 0 Å². The van der Waals surface area contributed by atoms with Gasteiger partial charge in [-0.3, -0.25) is 4.99 Å². The largest absolute Gasteiger partial charge is 0.369 e. The van der Waals surface area contributed by atoms with E-state index in [0.29, 0.717) is 6.04 Å². The van der Waals surface area contributed by atoms with Gasteiger partial charge in [-0.1, -0.05) is 110 Å². The van der Waals surface area contributed by atoms with Crippen LogP contribution >= 0.6 is 0 Å². The molecule has 0 fully saturated rings. The number of unbranched alkanes of at least 4 members (excludes halogenated alkanes) is 14. The fourth-order valence-corrected chi connectivity index (χ4v) is 3.79. The zero-order chi connectivity index (χ0) is 18.0. The molecule has 0 amide bonds. The van der Waals surface area contributed by atoms with Crippen LogP contribution in [0.2, 0.25) is 0 Å². The van der Waals surface area contributed by atoms with Crippen molar-refractivity contribution >= 4 is 5.84 Å². The van der Waals surface area contributed by atoms with Crippen LogP contribution in [0.5, 0.6) is 0 Å². The lowest BCUT2D eigenvalue weighted by Crippen LogP contribution is -2.29. The van der Waals surface area contributed by atoms with Gasteiger partial charge in [-0.25, -0.2) is 0 Å². The van der Waals surface area contributed by atoms with E-state index in [-0.39, 0.29) is 0 Å². The van der Waals surface area contributed by atoms with Crippen LogP contribution in [0.15, 0.2) is 4.99 Å². The summed E-state index contributed by atoms with van der Waals surface area (Å²) in [4.78, 5) is 4.64. The van der Waals surface area contributed by atoms with Gasteiger partial charge in [0.25, 0.3) is 0 Å². The van der Waals surface area contributed by atoms with E-state index >= 15 is 0 Å². The predicted octanol–water partition coefficient (Wildman–Crippen LogP) is 7.42. The minimum atomic E-state index is 0.643. The second-order valence-corrected chi connectivity index (χ2v) is 8.12. The molecule has 0 spiro atoms. The summed E-state index contributed by atoms with van der Waals surface area (Å²) in [5.74, 6) is 1.28. The summed E-state index contributed by atoms with van der Waals surface area (Å²) in [6, 6.07) is 0.643. The van der Waals surface area contributed by atoms with Gasteiger partial charge in [-0.2, -0.15) is 0 Å². The third kappa shape index (κ3) is 13.3. The molecule has 25 heavy (non-hydrogen) atoms. The highest BCUT2D eigenvalue weighted by Crippen LogP contribution is 2.14. The molecule has 0 aromatic rings. The van der Waals surface area contributed by atoms with Crippen LogP contribution in [0.4, 0.5) is 0 Å². The summed E-state index contributed by atoms with van der Waals surface area (Å²) < 4.78 is 0. The number of hydrogen-bond acceptors (Lipinski definition) is 2. The van der Waals surface area contributed by atoms with Crippen molar-refractivity contribution in [1.82, 2.24) is 5.32 Å². The van der Waals surface area contributed by atoms with Gasteiger partial charge >= 0.3 is 0 Å².